The Morgan fingerprint density at radius 2 is 2.06 bits per heavy atom. The molecule has 1 aliphatic heterocycles. The fourth-order valence-corrected chi connectivity index (χ4v) is 3.30. The van der Waals surface area contributed by atoms with Gasteiger partial charge in [0.15, 0.2) is 0 Å². The Balaban J connectivity index is 1.92. The van der Waals surface area contributed by atoms with Crippen molar-refractivity contribution >= 4 is 0 Å². The molecular weight excluding hydrogens is 212 g/mol. The highest BCUT2D eigenvalue weighted by atomic mass is 16.5. The minimum atomic E-state index is 0.200. The molecule has 1 unspecified atom stereocenters. The molecule has 0 radical (unpaired) electrons. The summed E-state index contributed by atoms with van der Waals surface area (Å²) < 4.78 is 5.59. The van der Waals surface area contributed by atoms with Gasteiger partial charge in [0.2, 0.25) is 0 Å². The molecular formula is C14H28N2O. The summed E-state index contributed by atoms with van der Waals surface area (Å²) in [4.78, 5) is 2.61. The molecule has 1 aliphatic carbocycles. The van der Waals surface area contributed by atoms with Crippen LogP contribution in [0.5, 0.6) is 0 Å². The van der Waals surface area contributed by atoms with E-state index in [0.29, 0.717) is 6.04 Å². The van der Waals surface area contributed by atoms with Gasteiger partial charge in [-0.05, 0) is 39.7 Å². The number of rotatable bonds is 4. The highest BCUT2D eigenvalue weighted by Crippen LogP contribution is 2.29. The van der Waals surface area contributed by atoms with E-state index >= 15 is 0 Å². The second kappa shape index (κ2) is 5.68. The summed E-state index contributed by atoms with van der Waals surface area (Å²) in [6, 6.07) is 0.662. The van der Waals surface area contributed by atoms with Crippen LogP contribution in [0.4, 0.5) is 0 Å². The van der Waals surface area contributed by atoms with Gasteiger partial charge in [0, 0.05) is 24.7 Å². The monoisotopic (exact) mass is 240 g/mol. The van der Waals surface area contributed by atoms with Crippen molar-refractivity contribution in [1.82, 2.24) is 10.2 Å². The first-order chi connectivity index (χ1) is 8.13. The third-order valence-electron chi connectivity index (χ3n) is 4.57. The van der Waals surface area contributed by atoms with Crippen molar-refractivity contribution in [3.8, 4) is 0 Å². The first-order valence-electron chi connectivity index (χ1n) is 7.13. The highest BCUT2D eigenvalue weighted by Gasteiger charge is 2.34. The first-order valence-corrected chi connectivity index (χ1v) is 7.13. The van der Waals surface area contributed by atoms with Crippen LogP contribution in [-0.4, -0.2) is 49.8 Å². The second-order valence-electron chi connectivity index (χ2n) is 6.25. The van der Waals surface area contributed by atoms with Gasteiger partial charge in [-0.1, -0.05) is 12.8 Å². The Hall–Kier alpha value is -0.120. The van der Waals surface area contributed by atoms with E-state index < -0.39 is 0 Å². The van der Waals surface area contributed by atoms with Gasteiger partial charge in [-0.25, -0.2) is 0 Å². The quantitative estimate of drug-likeness (QED) is 0.812. The van der Waals surface area contributed by atoms with Crippen molar-refractivity contribution < 1.29 is 4.74 Å². The Bertz CT molecular complexity index is 236. The van der Waals surface area contributed by atoms with Crippen LogP contribution in [0.3, 0.4) is 0 Å². The van der Waals surface area contributed by atoms with E-state index in [9.17, 15) is 0 Å². The molecule has 100 valence electrons. The molecule has 1 heterocycles. The van der Waals surface area contributed by atoms with Crippen LogP contribution < -0.4 is 5.32 Å². The molecule has 2 rings (SSSR count). The van der Waals surface area contributed by atoms with E-state index in [1.54, 1.807) is 0 Å². The normalized spacial score (nSPS) is 28.4. The van der Waals surface area contributed by atoms with Crippen LogP contribution in [0.2, 0.25) is 0 Å². The van der Waals surface area contributed by atoms with Crippen molar-refractivity contribution in [2.45, 2.75) is 51.1 Å². The largest absolute Gasteiger partial charge is 0.378 e. The average molecular weight is 240 g/mol. The lowest BCUT2D eigenvalue weighted by Gasteiger charge is -2.44. The maximum absolute atomic E-state index is 5.59. The van der Waals surface area contributed by atoms with Gasteiger partial charge in [0.1, 0.15) is 0 Å². The fourth-order valence-electron chi connectivity index (χ4n) is 3.30. The number of hydrogen-bond acceptors (Lipinski definition) is 3. The lowest BCUT2D eigenvalue weighted by Crippen LogP contribution is -2.57. The molecule has 1 saturated carbocycles. The maximum atomic E-state index is 5.59. The first kappa shape index (κ1) is 13.3. The van der Waals surface area contributed by atoms with Crippen LogP contribution in [0.25, 0.3) is 0 Å². The van der Waals surface area contributed by atoms with E-state index in [4.69, 9.17) is 4.74 Å². The summed E-state index contributed by atoms with van der Waals surface area (Å²) >= 11 is 0. The molecule has 2 fully saturated rings. The van der Waals surface area contributed by atoms with Crippen LogP contribution in [0.1, 0.15) is 39.5 Å². The number of nitrogens with zero attached hydrogens (tertiary/aromatic N) is 1. The van der Waals surface area contributed by atoms with Gasteiger partial charge < -0.3 is 10.1 Å². The highest BCUT2D eigenvalue weighted by molar-refractivity contribution is 4.90. The topological polar surface area (TPSA) is 24.5 Å². The van der Waals surface area contributed by atoms with Gasteiger partial charge in [-0.2, -0.15) is 0 Å². The Kier molecular flexibility index (Phi) is 4.45. The number of nitrogens with one attached hydrogen (secondary N) is 1. The zero-order valence-electron chi connectivity index (χ0n) is 11.7. The smallest absolute Gasteiger partial charge is 0.0645 e. The maximum Gasteiger partial charge on any atom is 0.0645 e. The predicted octanol–water partition coefficient (Wildman–Crippen LogP) is 1.88. The molecule has 0 aromatic rings. The van der Waals surface area contributed by atoms with Gasteiger partial charge >= 0.3 is 0 Å². The molecule has 3 heteroatoms. The van der Waals surface area contributed by atoms with Gasteiger partial charge in [-0.15, -0.1) is 0 Å². The zero-order chi connectivity index (χ0) is 12.3. The van der Waals surface area contributed by atoms with Crippen LogP contribution in [0.15, 0.2) is 0 Å². The van der Waals surface area contributed by atoms with Gasteiger partial charge in [0.05, 0.1) is 13.2 Å². The third kappa shape index (κ3) is 3.21. The Morgan fingerprint density at radius 3 is 2.65 bits per heavy atom. The van der Waals surface area contributed by atoms with E-state index in [1.165, 1.54) is 32.2 Å². The summed E-state index contributed by atoms with van der Waals surface area (Å²) in [7, 11) is 2.12. The van der Waals surface area contributed by atoms with Crippen molar-refractivity contribution in [3.63, 3.8) is 0 Å². The van der Waals surface area contributed by atoms with Gasteiger partial charge in [0.25, 0.3) is 0 Å². The molecule has 0 amide bonds. The summed E-state index contributed by atoms with van der Waals surface area (Å²) in [6.45, 7) is 8.62. The van der Waals surface area contributed by atoms with Crippen LogP contribution in [0, 0.1) is 5.92 Å². The Morgan fingerprint density at radius 1 is 1.35 bits per heavy atom. The van der Waals surface area contributed by atoms with Crippen molar-refractivity contribution in [2.24, 2.45) is 5.92 Å². The summed E-state index contributed by atoms with van der Waals surface area (Å²) in [5, 5.41) is 3.55. The van der Waals surface area contributed by atoms with E-state index in [1.807, 2.05) is 0 Å². The molecule has 1 saturated heterocycles. The van der Waals surface area contributed by atoms with Crippen LogP contribution >= 0.6 is 0 Å². The molecule has 3 nitrogen and oxygen atoms in total. The van der Waals surface area contributed by atoms with Crippen molar-refractivity contribution in [2.75, 3.05) is 33.4 Å². The Labute approximate surface area is 106 Å². The fraction of sp³-hybridized carbons (Fsp3) is 1.00. The number of hydrogen-bond donors (Lipinski definition) is 1. The van der Waals surface area contributed by atoms with E-state index in [-0.39, 0.29) is 5.54 Å². The standard InChI is InChI=1S/C14H28N2O/c1-14(2)11-17-9-8-16(14)10-13(15-3)12-6-4-5-7-12/h12-13,15H,4-11H2,1-3H3. The lowest BCUT2D eigenvalue weighted by molar-refractivity contribution is -0.0564. The SMILES string of the molecule is CNC(CN1CCOCC1(C)C)C1CCCC1. The van der Waals surface area contributed by atoms with E-state index in [2.05, 4.69) is 31.1 Å². The van der Waals surface area contributed by atoms with Gasteiger partial charge in [-0.3, -0.25) is 4.90 Å². The molecule has 0 aromatic carbocycles. The van der Waals surface area contributed by atoms with Crippen molar-refractivity contribution in [1.29, 1.82) is 0 Å². The third-order valence-corrected chi connectivity index (χ3v) is 4.57. The van der Waals surface area contributed by atoms with E-state index in [0.717, 1.165) is 25.7 Å². The number of likely N-dealkylation sites (N-methyl/N-ethyl adjacent to an activating group) is 1. The average Bonchev–Trinajstić information content (AvgIpc) is 2.80. The molecule has 0 bridgehead atoms. The summed E-state index contributed by atoms with van der Waals surface area (Å²) in [6.07, 6.45) is 5.68. The summed E-state index contributed by atoms with van der Waals surface area (Å²) in [5.74, 6) is 0.888. The molecule has 1 atom stereocenters. The summed E-state index contributed by atoms with van der Waals surface area (Å²) in [5.41, 5.74) is 0.200. The zero-order valence-corrected chi connectivity index (χ0v) is 11.7. The van der Waals surface area contributed by atoms with Crippen molar-refractivity contribution in [3.05, 3.63) is 0 Å². The molecule has 0 aromatic heterocycles. The minimum absolute atomic E-state index is 0.200. The minimum Gasteiger partial charge on any atom is -0.378 e. The number of ether oxygens (including phenoxy) is 1. The van der Waals surface area contributed by atoms with Crippen LogP contribution in [-0.2, 0) is 4.74 Å². The molecule has 17 heavy (non-hydrogen) atoms. The second-order valence-corrected chi connectivity index (χ2v) is 6.25. The molecule has 2 aliphatic rings. The lowest BCUT2D eigenvalue weighted by atomic mass is 9.94. The predicted molar refractivity (Wildman–Crippen MR) is 71.3 cm³/mol. The molecule has 1 N–H and O–H groups in total. The number of morpholine rings is 1. The molecule has 0 spiro atoms.